The Hall–Kier alpha value is -1.95. The van der Waals surface area contributed by atoms with Crippen LogP contribution < -0.4 is 5.73 Å². The van der Waals surface area contributed by atoms with Gasteiger partial charge in [-0.25, -0.2) is 0 Å². The molecule has 15 heavy (non-hydrogen) atoms. The van der Waals surface area contributed by atoms with Gasteiger partial charge in [0.1, 0.15) is 0 Å². The van der Waals surface area contributed by atoms with Gasteiger partial charge in [0.2, 0.25) is 5.95 Å². The maximum atomic E-state index is 5.62. The molecule has 0 fully saturated rings. The molecule has 3 aromatic rings. The van der Waals surface area contributed by atoms with Crippen LogP contribution >= 0.6 is 11.3 Å². The van der Waals surface area contributed by atoms with E-state index in [1.807, 2.05) is 18.2 Å². The number of tetrazole rings is 1. The van der Waals surface area contributed by atoms with Gasteiger partial charge in [0.15, 0.2) is 0 Å². The van der Waals surface area contributed by atoms with Crippen molar-refractivity contribution in [3.63, 3.8) is 0 Å². The first-order chi connectivity index (χ1) is 7.34. The summed E-state index contributed by atoms with van der Waals surface area (Å²) in [7, 11) is 0. The number of rotatable bonds is 1. The molecule has 1 aromatic carbocycles. The van der Waals surface area contributed by atoms with Gasteiger partial charge in [0.05, 0.1) is 5.69 Å². The van der Waals surface area contributed by atoms with Crippen molar-refractivity contribution in [2.75, 3.05) is 5.73 Å². The Balaban J connectivity index is 2.23. The van der Waals surface area contributed by atoms with Gasteiger partial charge in [-0.05, 0) is 45.5 Å². The molecule has 0 aliphatic heterocycles. The van der Waals surface area contributed by atoms with Crippen LogP contribution in [-0.4, -0.2) is 20.2 Å². The van der Waals surface area contributed by atoms with Crippen LogP contribution in [0.1, 0.15) is 0 Å². The molecule has 0 bridgehead atoms. The van der Waals surface area contributed by atoms with Crippen LogP contribution in [0.5, 0.6) is 0 Å². The number of nitrogens with two attached hydrogens (primary N) is 1. The molecule has 0 atom stereocenters. The first-order valence-corrected chi connectivity index (χ1v) is 5.24. The first kappa shape index (κ1) is 8.37. The predicted molar refractivity (Wildman–Crippen MR) is 58.9 cm³/mol. The lowest BCUT2D eigenvalue weighted by molar-refractivity contribution is 0.793. The summed E-state index contributed by atoms with van der Waals surface area (Å²) in [4.78, 5) is 0. The second kappa shape index (κ2) is 3.03. The minimum atomic E-state index is 0.296. The number of hydrogen-bond acceptors (Lipinski definition) is 5. The van der Waals surface area contributed by atoms with E-state index in [1.165, 1.54) is 14.8 Å². The Bertz CT molecular complexity index is 612. The summed E-state index contributed by atoms with van der Waals surface area (Å²) in [6.07, 6.45) is 0. The highest BCUT2D eigenvalue weighted by atomic mass is 32.1. The maximum Gasteiger partial charge on any atom is 0.245 e. The molecule has 0 aliphatic carbocycles. The molecule has 3 rings (SSSR count). The molecule has 0 unspecified atom stereocenters. The highest BCUT2D eigenvalue weighted by Crippen LogP contribution is 2.23. The fraction of sp³-hybridized carbons (Fsp3) is 0. The van der Waals surface area contributed by atoms with Crippen molar-refractivity contribution in [3.05, 3.63) is 29.6 Å². The standard InChI is InChI=1S/C9H7N5S/c10-9-11-12-13-14(9)7-1-2-8-6(5-7)3-4-15-8/h1-5H,(H2,10,11,13). The average Bonchev–Trinajstić information content (AvgIpc) is 2.84. The number of anilines is 1. The lowest BCUT2D eigenvalue weighted by Crippen LogP contribution is -2.01. The molecular weight excluding hydrogens is 210 g/mol. The van der Waals surface area contributed by atoms with E-state index in [0.717, 1.165) is 5.69 Å². The molecule has 2 aromatic heterocycles. The van der Waals surface area contributed by atoms with Gasteiger partial charge in [0, 0.05) is 4.70 Å². The molecular formula is C9H7N5S. The highest BCUT2D eigenvalue weighted by molar-refractivity contribution is 7.17. The molecule has 74 valence electrons. The number of thiophene rings is 1. The van der Waals surface area contributed by atoms with Crippen LogP contribution in [0.25, 0.3) is 15.8 Å². The zero-order valence-electron chi connectivity index (χ0n) is 7.66. The maximum absolute atomic E-state index is 5.62. The number of hydrogen-bond donors (Lipinski definition) is 1. The average molecular weight is 217 g/mol. The monoisotopic (exact) mass is 217 g/mol. The smallest absolute Gasteiger partial charge is 0.245 e. The molecule has 0 saturated heterocycles. The molecule has 0 saturated carbocycles. The van der Waals surface area contributed by atoms with Gasteiger partial charge in [-0.1, -0.05) is 5.10 Å². The van der Waals surface area contributed by atoms with E-state index in [9.17, 15) is 0 Å². The van der Waals surface area contributed by atoms with Crippen LogP contribution in [-0.2, 0) is 0 Å². The Morgan fingerprint density at radius 1 is 1.27 bits per heavy atom. The summed E-state index contributed by atoms with van der Waals surface area (Å²) in [6, 6.07) is 8.06. The molecule has 0 radical (unpaired) electrons. The molecule has 0 amide bonds. The van der Waals surface area contributed by atoms with E-state index in [-0.39, 0.29) is 0 Å². The normalized spacial score (nSPS) is 10.9. The van der Waals surface area contributed by atoms with Crippen LogP contribution in [0.15, 0.2) is 29.6 Å². The van der Waals surface area contributed by atoms with Crippen LogP contribution in [0, 0.1) is 0 Å². The Morgan fingerprint density at radius 3 is 3.00 bits per heavy atom. The third-order valence-corrected chi connectivity index (χ3v) is 3.07. The van der Waals surface area contributed by atoms with Crippen molar-refractivity contribution in [3.8, 4) is 5.69 Å². The van der Waals surface area contributed by atoms with Crippen molar-refractivity contribution in [1.29, 1.82) is 0 Å². The third-order valence-electron chi connectivity index (χ3n) is 2.17. The first-order valence-electron chi connectivity index (χ1n) is 4.36. The summed E-state index contributed by atoms with van der Waals surface area (Å²) in [5.41, 5.74) is 6.50. The third kappa shape index (κ3) is 1.26. The summed E-state index contributed by atoms with van der Waals surface area (Å²) < 4.78 is 2.75. The second-order valence-corrected chi connectivity index (χ2v) is 4.04. The second-order valence-electron chi connectivity index (χ2n) is 3.09. The van der Waals surface area contributed by atoms with Crippen molar-refractivity contribution in [2.45, 2.75) is 0 Å². The molecule has 0 spiro atoms. The lowest BCUT2D eigenvalue weighted by Gasteiger charge is -2.00. The predicted octanol–water partition coefficient (Wildman–Crippen LogP) is 1.46. The van der Waals surface area contributed by atoms with E-state index in [4.69, 9.17) is 5.73 Å². The Morgan fingerprint density at radius 2 is 2.20 bits per heavy atom. The fourth-order valence-electron chi connectivity index (χ4n) is 1.46. The van der Waals surface area contributed by atoms with E-state index in [2.05, 4.69) is 27.0 Å². The van der Waals surface area contributed by atoms with Crippen molar-refractivity contribution in [2.24, 2.45) is 0 Å². The minimum Gasteiger partial charge on any atom is -0.366 e. The van der Waals surface area contributed by atoms with Crippen LogP contribution in [0.4, 0.5) is 5.95 Å². The molecule has 0 aliphatic rings. The number of fused-ring (bicyclic) bond motifs is 1. The zero-order valence-corrected chi connectivity index (χ0v) is 8.48. The van der Waals surface area contributed by atoms with Crippen molar-refractivity contribution >= 4 is 27.4 Å². The topological polar surface area (TPSA) is 69.6 Å². The van der Waals surface area contributed by atoms with E-state index >= 15 is 0 Å². The molecule has 2 N–H and O–H groups in total. The minimum absolute atomic E-state index is 0.296. The van der Waals surface area contributed by atoms with E-state index in [0.29, 0.717) is 5.95 Å². The van der Waals surface area contributed by atoms with Gasteiger partial charge in [-0.2, -0.15) is 4.68 Å². The van der Waals surface area contributed by atoms with Gasteiger partial charge in [0.25, 0.3) is 0 Å². The summed E-state index contributed by atoms with van der Waals surface area (Å²) in [5, 5.41) is 14.2. The lowest BCUT2D eigenvalue weighted by atomic mass is 10.2. The summed E-state index contributed by atoms with van der Waals surface area (Å²) in [6.45, 7) is 0. The largest absolute Gasteiger partial charge is 0.366 e. The van der Waals surface area contributed by atoms with Crippen molar-refractivity contribution < 1.29 is 0 Å². The van der Waals surface area contributed by atoms with Gasteiger partial charge in [-0.3, -0.25) is 0 Å². The van der Waals surface area contributed by atoms with E-state index in [1.54, 1.807) is 11.3 Å². The van der Waals surface area contributed by atoms with Crippen LogP contribution in [0.3, 0.4) is 0 Å². The van der Waals surface area contributed by atoms with Crippen LogP contribution in [0.2, 0.25) is 0 Å². The van der Waals surface area contributed by atoms with Gasteiger partial charge in [-0.15, -0.1) is 11.3 Å². The van der Waals surface area contributed by atoms with E-state index < -0.39 is 0 Å². The molecule has 5 nitrogen and oxygen atoms in total. The summed E-state index contributed by atoms with van der Waals surface area (Å²) >= 11 is 1.71. The fourth-order valence-corrected chi connectivity index (χ4v) is 2.23. The highest BCUT2D eigenvalue weighted by Gasteiger charge is 2.04. The number of aromatic nitrogens is 4. The molecule has 6 heteroatoms. The SMILES string of the molecule is Nc1nnnn1-c1ccc2sccc2c1. The summed E-state index contributed by atoms with van der Waals surface area (Å²) in [5.74, 6) is 0.296. The Kier molecular flexibility index (Phi) is 1.69. The Labute approximate surface area is 89.1 Å². The molecule has 2 heterocycles. The van der Waals surface area contributed by atoms with Gasteiger partial charge >= 0.3 is 0 Å². The van der Waals surface area contributed by atoms with Gasteiger partial charge < -0.3 is 5.73 Å². The zero-order chi connectivity index (χ0) is 10.3. The number of nitrogens with zero attached hydrogens (tertiary/aromatic N) is 4. The number of benzene rings is 1. The van der Waals surface area contributed by atoms with Crippen molar-refractivity contribution in [1.82, 2.24) is 20.2 Å². The quantitative estimate of drug-likeness (QED) is 0.670. The number of nitrogen functional groups attached to an aromatic ring is 1.